The third-order valence-corrected chi connectivity index (χ3v) is 4.47. The lowest BCUT2D eigenvalue weighted by Crippen LogP contribution is -2.12. The number of rotatable bonds is 4. The maximum atomic E-state index is 4.63. The number of nitrogens with one attached hydrogen (secondary N) is 1. The van der Waals surface area contributed by atoms with E-state index in [2.05, 4.69) is 78.0 Å². The number of imidazole rings is 1. The van der Waals surface area contributed by atoms with Crippen molar-refractivity contribution in [1.82, 2.24) is 9.38 Å². The zero-order chi connectivity index (χ0) is 15.0. The van der Waals surface area contributed by atoms with Gasteiger partial charge in [-0.2, -0.15) is 0 Å². The van der Waals surface area contributed by atoms with Crippen molar-refractivity contribution in [2.24, 2.45) is 0 Å². The third-order valence-electron chi connectivity index (χ3n) is 3.57. The van der Waals surface area contributed by atoms with Crippen LogP contribution < -0.4 is 10.2 Å². The van der Waals surface area contributed by atoms with Crippen LogP contribution in [0.3, 0.4) is 0 Å². The quantitative estimate of drug-likeness (QED) is 0.797. The Morgan fingerprint density at radius 1 is 1.24 bits per heavy atom. The molecule has 110 valence electrons. The number of hydrogen-bond acceptors (Lipinski definition) is 4. The zero-order valence-corrected chi connectivity index (χ0v) is 13.7. The first-order valence-electron chi connectivity index (χ1n) is 7.00. The summed E-state index contributed by atoms with van der Waals surface area (Å²) in [5, 5.41) is 3.54. The highest BCUT2D eigenvalue weighted by atomic mass is 32.1. The van der Waals surface area contributed by atoms with Crippen LogP contribution in [0.25, 0.3) is 4.96 Å². The van der Waals surface area contributed by atoms with Crippen molar-refractivity contribution in [3.8, 4) is 0 Å². The van der Waals surface area contributed by atoms with Crippen molar-refractivity contribution in [1.29, 1.82) is 0 Å². The minimum atomic E-state index is 0.772. The van der Waals surface area contributed by atoms with E-state index in [0.29, 0.717) is 0 Å². The van der Waals surface area contributed by atoms with Crippen molar-refractivity contribution in [2.75, 3.05) is 24.3 Å². The first kappa shape index (κ1) is 13.9. The molecule has 0 fully saturated rings. The maximum Gasteiger partial charge on any atom is 0.194 e. The van der Waals surface area contributed by atoms with Gasteiger partial charge in [-0.25, -0.2) is 4.98 Å². The Hall–Kier alpha value is -2.01. The summed E-state index contributed by atoms with van der Waals surface area (Å²) in [7, 11) is 4.12. The van der Waals surface area contributed by atoms with Crippen LogP contribution in [-0.4, -0.2) is 23.5 Å². The highest BCUT2D eigenvalue weighted by Gasteiger charge is 2.11. The molecule has 0 aliphatic heterocycles. The molecule has 0 amide bonds. The summed E-state index contributed by atoms with van der Waals surface area (Å²) in [6.07, 6.45) is 2.16. The molecule has 0 saturated carbocycles. The van der Waals surface area contributed by atoms with Gasteiger partial charge in [0.05, 0.1) is 29.3 Å². The SMILES string of the molecule is Cc1cn2c(CNc3ccccc3N(C)C)c(C)nc2s1. The first-order valence-corrected chi connectivity index (χ1v) is 7.82. The molecule has 3 aromatic rings. The molecule has 2 heterocycles. The molecule has 0 bridgehead atoms. The highest BCUT2D eigenvalue weighted by Crippen LogP contribution is 2.25. The fourth-order valence-electron chi connectivity index (χ4n) is 2.51. The van der Waals surface area contributed by atoms with Crippen molar-refractivity contribution in [3.63, 3.8) is 0 Å². The van der Waals surface area contributed by atoms with E-state index in [4.69, 9.17) is 0 Å². The van der Waals surface area contributed by atoms with E-state index < -0.39 is 0 Å². The van der Waals surface area contributed by atoms with Gasteiger partial charge in [-0.05, 0) is 26.0 Å². The van der Waals surface area contributed by atoms with E-state index in [9.17, 15) is 0 Å². The number of nitrogens with zero attached hydrogens (tertiary/aromatic N) is 3. The molecule has 5 heteroatoms. The number of fused-ring (bicyclic) bond motifs is 1. The molecular weight excluding hydrogens is 280 g/mol. The fraction of sp³-hybridized carbons (Fsp3) is 0.312. The molecule has 2 aromatic heterocycles. The Morgan fingerprint density at radius 3 is 2.76 bits per heavy atom. The van der Waals surface area contributed by atoms with Gasteiger partial charge in [-0.15, -0.1) is 11.3 Å². The minimum Gasteiger partial charge on any atom is -0.378 e. The average Bonchev–Trinajstić information content (AvgIpc) is 2.92. The lowest BCUT2D eigenvalue weighted by atomic mass is 10.2. The van der Waals surface area contributed by atoms with Crippen LogP contribution in [0.15, 0.2) is 30.5 Å². The average molecular weight is 300 g/mol. The molecule has 3 rings (SSSR count). The number of para-hydroxylation sites is 2. The number of benzene rings is 1. The molecule has 21 heavy (non-hydrogen) atoms. The molecule has 0 aliphatic rings. The standard InChI is InChI=1S/C16H20N4S/c1-11-10-20-15(12(2)18-16(20)21-11)9-17-13-7-5-6-8-14(13)19(3)4/h5-8,10,17H,9H2,1-4H3. The Balaban J connectivity index is 1.88. The minimum absolute atomic E-state index is 0.772. The van der Waals surface area contributed by atoms with Crippen LogP contribution in [0.5, 0.6) is 0 Å². The molecule has 1 N–H and O–H groups in total. The third kappa shape index (κ3) is 2.61. The molecule has 0 saturated heterocycles. The predicted octanol–water partition coefficient (Wildman–Crippen LogP) is 3.69. The molecule has 0 aliphatic carbocycles. The number of aryl methyl sites for hydroxylation is 2. The largest absolute Gasteiger partial charge is 0.378 e. The normalized spacial score (nSPS) is 11.0. The number of aromatic nitrogens is 2. The summed E-state index contributed by atoms with van der Waals surface area (Å²) in [6.45, 7) is 4.96. The summed E-state index contributed by atoms with van der Waals surface area (Å²) in [5.41, 5.74) is 4.65. The van der Waals surface area contributed by atoms with Gasteiger partial charge < -0.3 is 10.2 Å². The van der Waals surface area contributed by atoms with Gasteiger partial charge in [0.15, 0.2) is 4.96 Å². The number of hydrogen-bond donors (Lipinski definition) is 1. The van der Waals surface area contributed by atoms with Crippen LogP contribution in [0, 0.1) is 13.8 Å². The van der Waals surface area contributed by atoms with Gasteiger partial charge in [-0.3, -0.25) is 4.40 Å². The van der Waals surface area contributed by atoms with Crippen LogP contribution in [0.1, 0.15) is 16.3 Å². The molecule has 0 unspecified atom stereocenters. The molecule has 0 atom stereocenters. The Morgan fingerprint density at radius 2 is 2.00 bits per heavy atom. The Bertz CT molecular complexity index is 770. The van der Waals surface area contributed by atoms with Crippen LogP contribution in [0.2, 0.25) is 0 Å². The smallest absolute Gasteiger partial charge is 0.194 e. The second kappa shape index (κ2) is 5.41. The number of anilines is 2. The summed E-state index contributed by atoms with van der Waals surface area (Å²) in [4.78, 5) is 9.11. The van der Waals surface area contributed by atoms with E-state index in [0.717, 1.165) is 22.9 Å². The Labute approximate surface area is 129 Å². The topological polar surface area (TPSA) is 32.6 Å². The summed E-state index contributed by atoms with van der Waals surface area (Å²) < 4.78 is 2.20. The van der Waals surface area contributed by atoms with Crippen LogP contribution in [0.4, 0.5) is 11.4 Å². The number of thiazole rings is 1. The Kier molecular flexibility index (Phi) is 3.59. The van der Waals surface area contributed by atoms with Gasteiger partial charge in [-0.1, -0.05) is 12.1 Å². The van der Waals surface area contributed by atoms with Gasteiger partial charge >= 0.3 is 0 Å². The summed E-state index contributed by atoms with van der Waals surface area (Å²) in [5.74, 6) is 0. The fourth-order valence-corrected chi connectivity index (χ4v) is 3.40. The summed E-state index contributed by atoms with van der Waals surface area (Å²) in [6, 6.07) is 8.35. The molecule has 4 nitrogen and oxygen atoms in total. The molecule has 0 radical (unpaired) electrons. The van der Waals surface area contributed by atoms with Crippen molar-refractivity contribution >= 4 is 27.7 Å². The van der Waals surface area contributed by atoms with Crippen molar-refractivity contribution in [3.05, 3.63) is 46.7 Å². The highest BCUT2D eigenvalue weighted by molar-refractivity contribution is 7.17. The van der Waals surface area contributed by atoms with Crippen LogP contribution in [-0.2, 0) is 6.54 Å². The monoisotopic (exact) mass is 300 g/mol. The second-order valence-electron chi connectivity index (χ2n) is 5.40. The first-order chi connectivity index (χ1) is 10.1. The summed E-state index contributed by atoms with van der Waals surface area (Å²) >= 11 is 1.73. The van der Waals surface area contributed by atoms with E-state index in [1.54, 1.807) is 11.3 Å². The lowest BCUT2D eigenvalue weighted by molar-refractivity contribution is 0.988. The van der Waals surface area contributed by atoms with E-state index in [1.807, 2.05) is 0 Å². The molecule has 0 spiro atoms. The molecule has 1 aromatic carbocycles. The van der Waals surface area contributed by atoms with Gasteiger partial charge in [0, 0.05) is 25.2 Å². The van der Waals surface area contributed by atoms with E-state index >= 15 is 0 Å². The predicted molar refractivity (Wildman–Crippen MR) is 90.6 cm³/mol. The zero-order valence-electron chi connectivity index (χ0n) is 12.8. The maximum absolute atomic E-state index is 4.63. The van der Waals surface area contributed by atoms with E-state index in [1.165, 1.54) is 16.3 Å². The van der Waals surface area contributed by atoms with Gasteiger partial charge in [0.2, 0.25) is 0 Å². The van der Waals surface area contributed by atoms with Crippen molar-refractivity contribution in [2.45, 2.75) is 20.4 Å². The van der Waals surface area contributed by atoms with Crippen LogP contribution >= 0.6 is 11.3 Å². The lowest BCUT2D eigenvalue weighted by Gasteiger charge is -2.18. The van der Waals surface area contributed by atoms with Gasteiger partial charge in [0.1, 0.15) is 0 Å². The van der Waals surface area contributed by atoms with E-state index in [-0.39, 0.29) is 0 Å². The van der Waals surface area contributed by atoms with Gasteiger partial charge in [0.25, 0.3) is 0 Å². The van der Waals surface area contributed by atoms with Crippen molar-refractivity contribution < 1.29 is 0 Å². The second-order valence-corrected chi connectivity index (χ2v) is 6.62. The molecular formula is C16H20N4S.